The van der Waals surface area contributed by atoms with Gasteiger partial charge in [0, 0.05) is 23.1 Å². The quantitative estimate of drug-likeness (QED) is 0.220. The molecule has 2 heterocycles. The number of aryl methyl sites for hydroxylation is 1. The fraction of sp³-hybridized carbons (Fsp3) is 0.600. The summed E-state index contributed by atoms with van der Waals surface area (Å²) >= 11 is 0. The van der Waals surface area contributed by atoms with Gasteiger partial charge in [0.25, 0.3) is 5.56 Å². The van der Waals surface area contributed by atoms with Crippen LogP contribution in [0.4, 0.5) is 0 Å². The van der Waals surface area contributed by atoms with Crippen LogP contribution in [0.2, 0.25) is 0 Å². The van der Waals surface area contributed by atoms with Crippen molar-refractivity contribution < 1.29 is 14.7 Å². The van der Waals surface area contributed by atoms with Crippen molar-refractivity contribution >= 4 is 0 Å². The first-order valence-electron chi connectivity index (χ1n) is 5.85. The van der Waals surface area contributed by atoms with Crippen molar-refractivity contribution in [3.05, 3.63) is 43.0 Å². The second kappa shape index (κ2) is 9.58. The number of aromatic amines is 1. The van der Waals surface area contributed by atoms with Crippen molar-refractivity contribution in [2.24, 2.45) is 5.28 Å². The van der Waals surface area contributed by atoms with Gasteiger partial charge in [-0.1, -0.05) is 0 Å². The van der Waals surface area contributed by atoms with Crippen LogP contribution in [-0.2, 0) is 9.57 Å². The molecule has 0 amide bonds. The second-order valence-electron chi connectivity index (χ2n) is 4.38. The molecule has 23 heavy (non-hydrogen) atoms. The monoisotopic (exact) mass is 334 g/mol. The molecule has 1 aliphatic heterocycles. The van der Waals surface area contributed by atoms with Crippen LogP contribution >= 0.6 is 0 Å². The van der Waals surface area contributed by atoms with Gasteiger partial charge in [-0.05, 0) is 12.5 Å². The minimum atomic E-state index is -0.868. The fourth-order valence-corrected chi connectivity index (χ4v) is 1.97. The summed E-state index contributed by atoms with van der Waals surface area (Å²) in [6.45, 7) is 1.43. The number of hydrogen-bond acceptors (Lipinski definition) is 9. The molecule has 0 unspecified atom stereocenters. The van der Waals surface area contributed by atoms with Crippen molar-refractivity contribution in [1.82, 2.24) is 28.0 Å². The third-order valence-corrected chi connectivity index (χ3v) is 2.99. The number of azide groups is 1. The van der Waals surface area contributed by atoms with E-state index in [1.165, 1.54) is 10.8 Å². The van der Waals surface area contributed by atoms with Crippen molar-refractivity contribution in [3.63, 3.8) is 0 Å². The van der Waals surface area contributed by atoms with Crippen LogP contribution in [0.1, 0.15) is 18.2 Å². The fourth-order valence-electron chi connectivity index (χ4n) is 1.97. The molecule has 1 aliphatic rings. The molecular weight excluding hydrogens is 312 g/mol. The lowest BCUT2D eigenvalue weighted by molar-refractivity contribution is -0.0638. The number of aliphatic hydroxyl groups is 1. The summed E-state index contributed by atoms with van der Waals surface area (Å²) < 4.78 is 6.67. The Kier molecular flexibility index (Phi) is 9.52. The van der Waals surface area contributed by atoms with E-state index < -0.39 is 29.7 Å². The Morgan fingerprint density at radius 2 is 2.17 bits per heavy atom. The average molecular weight is 334 g/mol. The number of nitrogens with one attached hydrogen (secondary N) is 1. The summed E-state index contributed by atoms with van der Waals surface area (Å²) in [6.07, 6.45) is -0.768. The number of nitrogens with zero attached hydrogens (tertiary/aromatic N) is 4. The molecule has 0 aliphatic carbocycles. The molecule has 1 saturated heterocycles. The highest BCUT2D eigenvalue weighted by Gasteiger charge is 2.36. The van der Waals surface area contributed by atoms with Gasteiger partial charge in [-0.2, -0.15) is 0 Å². The Balaban J connectivity index is 0. The molecule has 0 saturated carbocycles. The van der Waals surface area contributed by atoms with Crippen LogP contribution in [0.5, 0.6) is 0 Å². The zero-order valence-electron chi connectivity index (χ0n) is 12.7. The lowest BCUT2D eigenvalue weighted by Gasteiger charge is -2.15. The Labute approximate surface area is 130 Å². The van der Waals surface area contributed by atoms with Crippen molar-refractivity contribution in [2.45, 2.75) is 31.8 Å². The van der Waals surface area contributed by atoms with E-state index in [-0.39, 0.29) is 31.5 Å². The third-order valence-electron chi connectivity index (χ3n) is 2.99. The van der Waals surface area contributed by atoms with Crippen LogP contribution in [0.15, 0.2) is 21.1 Å². The maximum Gasteiger partial charge on any atom is 0.330 e. The molecule has 11 N–H and O–H groups in total. The smallest absolute Gasteiger partial charge is 0.330 e. The van der Waals surface area contributed by atoms with Crippen molar-refractivity contribution in [2.75, 3.05) is 6.61 Å². The van der Waals surface area contributed by atoms with Crippen molar-refractivity contribution in [3.8, 4) is 0 Å². The largest absolute Gasteiger partial charge is 0.431 e. The zero-order chi connectivity index (χ0) is 14.7. The van der Waals surface area contributed by atoms with Gasteiger partial charge in [0.05, 0.1) is 6.10 Å². The van der Waals surface area contributed by atoms with Gasteiger partial charge < -0.3 is 33.1 Å². The third kappa shape index (κ3) is 5.07. The van der Waals surface area contributed by atoms with Crippen LogP contribution in [-0.4, -0.2) is 33.5 Å². The minimum absolute atomic E-state index is 0. The molecular formula is C10H22N8O5. The minimum Gasteiger partial charge on any atom is -0.431 e. The van der Waals surface area contributed by atoms with Gasteiger partial charge in [-0.15, -0.1) is 0 Å². The Hall–Kier alpha value is -2.41. The topological polar surface area (TPSA) is 247 Å². The SMILES string of the molecule is Cc1cn([C@H]2C[C@H](O)[C@@H](CON=[N+]=[N-])O2)c(=O)[nH]c1=O.N.N.N. The standard InChI is InChI=1S/C10H13N5O5.3H3N/c1-5-3-15(10(18)12-9(5)17)8-2-6(16)7(20-8)4-19-14-13-11;;;/h3,6-8,16H,2,4H2,1H3,(H,12,17,18);3*1H3/t6-,7+,8+;;;/m0.../s1. The number of ether oxygens (including phenoxy) is 1. The summed E-state index contributed by atoms with van der Waals surface area (Å²) in [5.41, 5.74) is 7.36. The number of aliphatic hydroxyl groups excluding tert-OH is 1. The number of rotatable bonds is 4. The maximum absolute atomic E-state index is 11.7. The van der Waals surface area contributed by atoms with Gasteiger partial charge in [-0.3, -0.25) is 14.3 Å². The Bertz CT molecular complexity index is 651. The lowest BCUT2D eigenvalue weighted by Crippen LogP contribution is -2.33. The van der Waals surface area contributed by atoms with Gasteiger partial charge >= 0.3 is 5.69 Å². The van der Waals surface area contributed by atoms with Gasteiger partial charge in [0.15, 0.2) is 0 Å². The molecule has 1 aromatic rings. The molecule has 0 bridgehead atoms. The van der Waals surface area contributed by atoms with E-state index in [2.05, 4.69) is 20.0 Å². The van der Waals surface area contributed by atoms with Crippen LogP contribution < -0.4 is 29.7 Å². The van der Waals surface area contributed by atoms with E-state index in [0.29, 0.717) is 5.56 Å². The van der Waals surface area contributed by atoms with Crippen LogP contribution in [0.25, 0.3) is 10.4 Å². The van der Waals surface area contributed by atoms with E-state index in [4.69, 9.17) is 10.3 Å². The zero-order valence-corrected chi connectivity index (χ0v) is 12.7. The molecule has 13 heteroatoms. The summed E-state index contributed by atoms with van der Waals surface area (Å²) in [4.78, 5) is 32.1. The number of hydrogen-bond donors (Lipinski definition) is 5. The lowest BCUT2D eigenvalue weighted by atomic mass is 10.2. The highest BCUT2D eigenvalue weighted by molar-refractivity contribution is 5.02. The molecule has 0 aromatic carbocycles. The predicted octanol–water partition coefficient (Wildman–Crippen LogP) is 0.221. The Morgan fingerprint density at radius 3 is 2.78 bits per heavy atom. The number of aromatic nitrogens is 2. The first-order chi connectivity index (χ1) is 9.52. The Morgan fingerprint density at radius 1 is 1.52 bits per heavy atom. The first-order valence-corrected chi connectivity index (χ1v) is 5.85. The first kappa shape index (κ1) is 22.9. The summed E-state index contributed by atoms with van der Waals surface area (Å²) in [5, 5.41) is 12.7. The van der Waals surface area contributed by atoms with E-state index in [0.717, 1.165) is 0 Å². The van der Waals surface area contributed by atoms with Gasteiger partial charge in [0.2, 0.25) is 0 Å². The predicted molar refractivity (Wildman–Crippen MR) is 80.8 cm³/mol. The summed E-state index contributed by atoms with van der Waals surface area (Å²) in [5.74, 6) is 0. The van der Waals surface area contributed by atoms with E-state index in [1.807, 2.05) is 0 Å². The number of H-pyrrole nitrogens is 1. The molecule has 3 atom stereocenters. The van der Waals surface area contributed by atoms with E-state index in [9.17, 15) is 14.7 Å². The summed E-state index contributed by atoms with van der Waals surface area (Å²) in [7, 11) is 0. The molecule has 0 spiro atoms. The van der Waals surface area contributed by atoms with Crippen molar-refractivity contribution in [1.29, 1.82) is 0 Å². The normalized spacial score (nSPS) is 21.9. The second-order valence-corrected chi connectivity index (χ2v) is 4.38. The molecule has 0 radical (unpaired) electrons. The van der Waals surface area contributed by atoms with Crippen LogP contribution in [0.3, 0.4) is 0 Å². The van der Waals surface area contributed by atoms with Crippen LogP contribution in [0, 0.1) is 6.92 Å². The van der Waals surface area contributed by atoms with Gasteiger partial charge in [-0.25, -0.2) is 4.79 Å². The highest BCUT2D eigenvalue weighted by Crippen LogP contribution is 2.27. The molecule has 13 nitrogen and oxygen atoms in total. The highest BCUT2D eigenvalue weighted by atomic mass is 16.7. The molecule has 1 fully saturated rings. The molecule has 2 rings (SSSR count). The molecule has 132 valence electrons. The van der Waals surface area contributed by atoms with Gasteiger partial charge in [0.1, 0.15) is 24.2 Å². The van der Waals surface area contributed by atoms with E-state index >= 15 is 0 Å². The summed E-state index contributed by atoms with van der Waals surface area (Å²) in [6, 6.07) is 0. The maximum atomic E-state index is 11.7. The molecule has 1 aromatic heterocycles. The van der Waals surface area contributed by atoms with E-state index in [1.54, 1.807) is 6.92 Å². The average Bonchev–Trinajstić information content (AvgIpc) is 2.76.